The molecule has 0 radical (unpaired) electrons. The van der Waals surface area contributed by atoms with Gasteiger partial charge in [-0.3, -0.25) is 0 Å². The zero-order chi connectivity index (χ0) is 44.4. The standard InChI is InChI=1S/C37H41N4.C14H6F6N.Pt/c1-24(2)27-19-31(25(3)4)37(32(20-27)26(5)6)28-17-29(40-22-38(7)33-13-9-11-15-35(33)40)21-30(18-28)41-23-39(8)34-14-10-12-16-36(34)41;15-13(16,17)7-1-3-11-9(5-7)10-6-8(14(18,19)20)2-4-12(10)21-11;/h9-20,22-26H,1-8H3;1-6H;/q-3;-1;+4. The van der Waals surface area contributed by atoms with E-state index in [0.717, 1.165) is 47.8 Å². The first-order valence-electron chi connectivity index (χ1n) is 20.6. The van der Waals surface area contributed by atoms with Crippen molar-refractivity contribution >= 4 is 55.9 Å². The van der Waals surface area contributed by atoms with E-state index >= 15 is 0 Å². The second kappa shape index (κ2) is 17.3. The molecular weight excluding hydrogens is 992 g/mol. The molecule has 2 aliphatic rings. The quantitative estimate of drug-likeness (QED) is 0.122. The molecule has 12 heteroatoms. The van der Waals surface area contributed by atoms with Gasteiger partial charge in [0.15, 0.2) is 0 Å². The van der Waals surface area contributed by atoms with Gasteiger partial charge < -0.3 is 24.6 Å². The number of hydrogen-bond acceptors (Lipinski definition) is 4. The average molecular weight is 1040 g/mol. The number of hydrogen-bond donors (Lipinski definition) is 0. The van der Waals surface area contributed by atoms with Crippen LogP contribution in [0.1, 0.15) is 87.1 Å². The Morgan fingerprint density at radius 3 is 1.29 bits per heavy atom. The molecule has 0 bridgehead atoms. The van der Waals surface area contributed by atoms with Crippen molar-refractivity contribution in [1.82, 2.24) is 4.98 Å². The first-order valence-corrected chi connectivity index (χ1v) is 20.6. The van der Waals surface area contributed by atoms with Gasteiger partial charge in [-0.05, 0) is 101 Å². The van der Waals surface area contributed by atoms with Gasteiger partial charge in [0.2, 0.25) is 0 Å². The van der Waals surface area contributed by atoms with Crippen LogP contribution in [0.25, 0.3) is 32.9 Å². The summed E-state index contributed by atoms with van der Waals surface area (Å²) in [6, 6.07) is 36.2. The number of rotatable bonds is 6. The monoisotopic (exact) mass is 1040 g/mol. The molecule has 0 atom stereocenters. The Hall–Kier alpha value is -5.41. The summed E-state index contributed by atoms with van der Waals surface area (Å²) in [7, 11) is 4.23. The smallest absolute Gasteiger partial charge is 0.657 e. The maximum atomic E-state index is 12.7. The summed E-state index contributed by atoms with van der Waals surface area (Å²) in [4.78, 5) is 13.0. The third-order valence-electron chi connectivity index (χ3n) is 11.6. The van der Waals surface area contributed by atoms with Crippen LogP contribution < -0.4 is 24.6 Å². The van der Waals surface area contributed by atoms with Crippen molar-refractivity contribution in [1.29, 1.82) is 0 Å². The van der Waals surface area contributed by atoms with Crippen LogP contribution >= 0.6 is 0 Å². The summed E-state index contributed by atoms with van der Waals surface area (Å²) in [5.74, 6) is 1.27. The summed E-state index contributed by atoms with van der Waals surface area (Å²) in [5.41, 5.74) is 12.3. The van der Waals surface area contributed by atoms with Gasteiger partial charge in [0.1, 0.15) is 0 Å². The molecule has 0 fully saturated rings. The molecule has 0 N–H and O–H groups in total. The second-order valence-corrected chi connectivity index (χ2v) is 16.9. The van der Waals surface area contributed by atoms with Gasteiger partial charge in [-0.1, -0.05) is 102 Å². The van der Waals surface area contributed by atoms with E-state index in [-0.39, 0.29) is 42.9 Å². The summed E-state index contributed by atoms with van der Waals surface area (Å²) in [6.07, 6.45) is -9.11. The topological polar surface area (TPSA) is 27.1 Å². The van der Waals surface area contributed by atoms with E-state index in [1.165, 1.54) is 50.6 Å². The summed E-state index contributed by atoms with van der Waals surface area (Å²) in [5, 5.41) is 0.122. The van der Waals surface area contributed by atoms with Crippen LogP contribution in [0.5, 0.6) is 0 Å². The van der Waals surface area contributed by atoms with Crippen molar-refractivity contribution in [3.05, 3.63) is 156 Å². The fraction of sp³-hybridized carbons (Fsp3) is 0.255. The molecule has 0 amide bonds. The van der Waals surface area contributed by atoms with Crippen molar-refractivity contribution in [2.24, 2.45) is 0 Å². The summed E-state index contributed by atoms with van der Waals surface area (Å²) >= 11 is 0. The van der Waals surface area contributed by atoms with Crippen LogP contribution in [0.15, 0.2) is 109 Å². The molecule has 0 unspecified atom stereocenters. The Morgan fingerprint density at radius 2 is 0.921 bits per heavy atom. The number of anilines is 6. The summed E-state index contributed by atoms with van der Waals surface area (Å²) in [6.45, 7) is 18.2. The van der Waals surface area contributed by atoms with E-state index in [4.69, 9.17) is 0 Å². The van der Waals surface area contributed by atoms with Crippen molar-refractivity contribution in [2.75, 3.05) is 33.7 Å². The minimum atomic E-state index is -4.56. The molecule has 0 aliphatic carbocycles. The van der Waals surface area contributed by atoms with Gasteiger partial charge >= 0.3 is 33.4 Å². The molecule has 1 aromatic heterocycles. The van der Waals surface area contributed by atoms with Crippen molar-refractivity contribution in [2.45, 2.75) is 71.6 Å². The molecule has 3 heterocycles. The Labute approximate surface area is 379 Å². The number of aromatic nitrogens is 1. The molecule has 2 aliphatic heterocycles. The molecule has 9 rings (SSSR count). The zero-order valence-electron chi connectivity index (χ0n) is 36.1. The van der Waals surface area contributed by atoms with Crippen LogP contribution in [-0.4, -0.2) is 14.1 Å². The van der Waals surface area contributed by atoms with E-state index in [0.29, 0.717) is 17.8 Å². The minimum Gasteiger partial charge on any atom is -0.657 e. The van der Waals surface area contributed by atoms with Crippen molar-refractivity contribution < 1.29 is 47.4 Å². The van der Waals surface area contributed by atoms with E-state index in [1.54, 1.807) is 0 Å². The van der Waals surface area contributed by atoms with Gasteiger partial charge in [-0.25, -0.2) is 0 Å². The number of fused-ring (bicyclic) bond motifs is 5. The summed E-state index contributed by atoms with van der Waals surface area (Å²) < 4.78 is 76.1. The first kappa shape index (κ1) is 45.6. The maximum Gasteiger partial charge on any atom is 4.00 e. The van der Waals surface area contributed by atoms with Crippen molar-refractivity contribution in [3.8, 4) is 11.1 Å². The Bertz CT molecular complexity index is 2610. The first-order chi connectivity index (χ1) is 29.3. The molecule has 7 aromatic rings. The number of halogens is 6. The van der Waals surface area contributed by atoms with E-state index in [2.05, 4.69) is 172 Å². The van der Waals surface area contributed by atoms with E-state index in [1.807, 2.05) is 0 Å². The van der Waals surface area contributed by atoms with Crippen LogP contribution in [-0.2, 0) is 33.4 Å². The average Bonchev–Trinajstić information content (AvgIpc) is 3.89. The fourth-order valence-corrected chi connectivity index (χ4v) is 8.33. The van der Waals surface area contributed by atoms with Crippen LogP contribution in [0.2, 0.25) is 0 Å². The Balaban J connectivity index is 0.000000228. The molecule has 0 saturated carbocycles. The van der Waals surface area contributed by atoms with E-state index in [9.17, 15) is 26.3 Å². The van der Waals surface area contributed by atoms with Crippen LogP contribution in [0.3, 0.4) is 0 Å². The normalized spacial score (nSPS) is 13.9. The fourth-order valence-electron chi connectivity index (χ4n) is 8.33. The number of para-hydroxylation sites is 4. The van der Waals surface area contributed by atoms with Crippen LogP contribution in [0, 0.1) is 19.4 Å². The SMILES string of the molecule is CC(C)c1cc(C(C)C)c(-c2cc(N3[CH-]N(C)c4ccccc43)[c-]c(N3[CH-]N(C)c4ccccc43)c2)c(C(C)C)c1.FC(F)(F)c1ccc2[n-]c3ccc(C(F)(F)F)cc3c2c1.[Pt+4]. The Kier molecular flexibility index (Phi) is 12.5. The van der Waals surface area contributed by atoms with Crippen molar-refractivity contribution in [3.63, 3.8) is 0 Å². The van der Waals surface area contributed by atoms with Gasteiger partial charge in [0.05, 0.1) is 11.1 Å². The molecule has 0 spiro atoms. The predicted octanol–water partition coefficient (Wildman–Crippen LogP) is 14.9. The van der Waals surface area contributed by atoms with Gasteiger partial charge in [-0.15, -0.1) is 46.2 Å². The predicted molar refractivity (Wildman–Crippen MR) is 240 cm³/mol. The molecule has 5 nitrogen and oxygen atoms in total. The minimum absolute atomic E-state index is 0. The maximum absolute atomic E-state index is 12.7. The largest absolute Gasteiger partial charge is 4.00 e. The van der Waals surface area contributed by atoms with Crippen LogP contribution in [0.4, 0.5) is 60.5 Å². The molecule has 0 saturated heterocycles. The molecule has 6 aromatic carbocycles. The number of alkyl halides is 6. The second-order valence-electron chi connectivity index (χ2n) is 16.9. The molecule has 328 valence electrons. The zero-order valence-corrected chi connectivity index (χ0v) is 38.4. The third-order valence-corrected chi connectivity index (χ3v) is 11.6. The molecular formula is C51H47F6N5Pt. The number of nitrogens with zero attached hydrogens (tertiary/aromatic N) is 5. The number of benzene rings is 6. The molecule has 63 heavy (non-hydrogen) atoms. The van der Waals surface area contributed by atoms with Gasteiger partial charge in [-0.2, -0.15) is 39.7 Å². The Morgan fingerprint density at radius 1 is 0.524 bits per heavy atom. The van der Waals surface area contributed by atoms with Gasteiger partial charge in [0.25, 0.3) is 0 Å². The third kappa shape index (κ3) is 8.78. The van der Waals surface area contributed by atoms with Gasteiger partial charge in [0, 0.05) is 22.7 Å². The van der Waals surface area contributed by atoms with E-state index < -0.39 is 23.5 Å².